The molecule has 26 heteroatoms. The molecule has 242 valence electrons. The zero-order valence-electron chi connectivity index (χ0n) is 21.0. The van der Waals surface area contributed by atoms with Crippen LogP contribution in [0.4, 0.5) is 70.2 Å². The topological polar surface area (TPSA) is 135 Å². The molecule has 0 aromatic carbocycles. The molecular formula is C18H8F16Na2O7S. The summed E-state index contributed by atoms with van der Waals surface area (Å²) >= 11 is 0. The Labute approximate surface area is 277 Å². The standard InChI is InChI=1S/C18H10F16O7S.2Na/c19-11(20)3-5(13(23,24)17(31,32)15(11,27)28)1-7(8(35)36)10(9(37)38,42(39,40)41)2-6-4-12(21,22)16(29,30)18(33,34)14(6,25)26;;/h3-4,7H,1-2H2,(H,35,36)(H,37,38)(H,39,40,41);;/q;2*+1/p-2. The monoisotopic (exact) mass is 718 g/mol. The number of rotatable bonds is 8. The molecule has 2 atom stereocenters. The molecule has 0 saturated heterocycles. The van der Waals surface area contributed by atoms with Gasteiger partial charge in [0.25, 0.3) is 10.1 Å². The SMILES string of the molecule is O=C([O-])C(CC1=CC(F)(F)C(F)(F)C(F)(F)C1(F)F)C(CC1=CC(F)(F)C(F)(F)C(F)(F)C1(F)F)(C(=O)[O-])S(=O)(=O)O.[Na+].[Na+]. The van der Waals surface area contributed by atoms with Crippen molar-refractivity contribution in [1.29, 1.82) is 0 Å². The minimum atomic E-state index is -7.32. The van der Waals surface area contributed by atoms with Crippen LogP contribution in [-0.4, -0.2) is 77.0 Å². The molecule has 0 spiro atoms. The van der Waals surface area contributed by atoms with Crippen molar-refractivity contribution in [2.45, 2.75) is 65.0 Å². The minimum absolute atomic E-state index is 0. The molecule has 0 bridgehead atoms. The summed E-state index contributed by atoms with van der Waals surface area (Å²) < 4.78 is 248. The molecule has 0 heterocycles. The minimum Gasteiger partial charge on any atom is -0.550 e. The number of alkyl halides is 16. The van der Waals surface area contributed by atoms with Crippen LogP contribution in [0.5, 0.6) is 0 Å². The first-order valence-electron chi connectivity index (χ1n) is 10.0. The molecule has 2 rings (SSSR count). The van der Waals surface area contributed by atoms with Gasteiger partial charge in [0.15, 0.2) is 0 Å². The van der Waals surface area contributed by atoms with Crippen molar-refractivity contribution in [2.24, 2.45) is 5.92 Å². The molecular weight excluding hydrogens is 710 g/mol. The molecule has 0 aliphatic heterocycles. The Balaban J connectivity index is 0.00000924. The van der Waals surface area contributed by atoms with E-state index in [0.717, 1.165) is 0 Å². The van der Waals surface area contributed by atoms with Crippen LogP contribution in [0.2, 0.25) is 0 Å². The average molecular weight is 718 g/mol. The molecule has 0 radical (unpaired) electrons. The van der Waals surface area contributed by atoms with E-state index in [4.69, 9.17) is 0 Å². The van der Waals surface area contributed by atoms with Crippen LogP contribution in [0.3, 0.4) is 0 Å². The van der Waals surface area contributed by atoms with Crippen molar-refractivity contribution in [3.05, 3.63) is 23.3 Å². The van der Waals surface area contributed by atoms with Gasteiger partial charge in [0.05, 0.1) is 5.97 Å². The number of carbonyl (C=O) groups is 2. The van der Waals surface area contributed by atoms with Crippen molar-refractivity contribution >= 4 is 22.1 Å². The van der Waals surface area contributed by atoms with Crippen LogP contribution in [0.25, 0.3) is 0 Å². The maximum Gasteiger partial charge on any atom is 1.00 e. The Bertz CT molecular complexity index is 1360. The Kier molecular flexibility index (Phi) is 11.5. The van der Waals surface area contributed by atoms with E-state index in [1.165, 1.54) is 0 Å². The summed E-state index contributed by atoms with van der Waals surface area (Å²) in [6, 6.07) is 0. The van der Waals surface area contributed by atoms with Gasteiger partial charge in [-0.05, 0) is 18.6 Å². The second-order valence-electron chi connectivity index (χ2n) is 8.94. The number of hydrogen-bond acceptors (Lipinski definition) is 6. The van der Waals surface area contributed by atoms with E-state index in [9.17, 15) is 103 Å². The Morgan fingerprint density at radius 1 is 0.682 bits per heavy atom. The summed E-state index contributed by atoms with van der Waals surface area (Å²) in [5, 5.41) is 23.3. The van der Waals surface area contributed by atoms with Crippen molar-refractivity contribution in [2.75, 3.05) is 0 Å². The average Bonchev–Trinajstić information content (AvgIpc) is 2.75. The van der Waals surface area contributed by atoms with Crippen molar-refractivity contribution in [3.63, 3.8) is 0 Å². The van der Waals surface area contributed by atoms with Gasteiger partial charge in [0.1, 0.15) is 4.75 Å². The van der Waals surface area contributed by atoms with Crippen LogP contribution >= 0.6 is 0 Å². The third-order valence-electron chi connectivity index (χ3n) is 6.46. The largest absolute Gasteiger partial charge is 1.00 e. The summed E-state index contributed by atoms with van der Waals surface area (Å²) in [6.45, 7) is 0. The van der Waals surface area contributed by atoms with Crippen LogP contribution in [-0.2, 0) is 19.7 Å². The van der Waals surface area contributed by atoms with E-state index >= 15 is 0 Å². The quantitative estimate of drug-likeness (QED) is 0.119. The molecule has 2 aliphatic carbocycles. The summed E-state index contributed by atoms with van der Waals surface area (Å²) in [4.78, 5) is 23.3. The third-order valence-corrected chi connectivity index (χ3v) is 7.98. The molecule has 0 amide bonds. The number of carboxylic acids is 2. The number of carbonyl (C=O) groups excluding carboxylic acids is 2. The smallest absolute Gasteiger partial charge is 0.550 e. The molecule has 2 aliphatic rings. The maximum absolute atomic E-state index is 14.3. The van der Waals surface area contributed by atoms with Crippen molar-refractivity contribution in [3.8, 4) is 0 Å². The number of allylic oxidation sites excluding steroid dienone is 4. The van der Waals surface area contributed by atoms with E-state index in [1.54, 1.807) is 0 Å². The van der Waals surface area contributed by atoms with E-state index < -0.39 is 116 Å². The molecule has 7 nitrogen and oxygen atoms in total. The predicted octanol–water partition coefficient (Wildman–Crippen LogP) is -3.52. The van der Waals surface area contributed by atoms with E-state index in [0.29, 0.717) is 0 Å². The summed E-state index contributed by atoms with van der Waals surface area (Å²) in [7, 11) is -7.32. The number of hydrogen-bond donors (Lipinski definition) is 1. The first-order valence-corrected chi connectivity index (χ1v) is 11.5. The van der Waals surface area contributed by atoms with Gasteiger partial charge in [-0.3, -0.25) is 4.55 Å². The van der Waals surface area contributed by atoms with Crippen LogP contribution < -0.4 is 69.3 Å². The fourth-order valence-corrected chi connectivity index (χ4v) is 5.11. The normalized spacial score (nSPS) is 27.1. The third kappa shape index (κ3) is 5.59. The zero-order valence-corrected chi connectivity index (χ0v) is 25.8. The first kappa shape index (κ1) is 43.2. The van der Waals surface area contributed by atoms with E-state index in [-0.39, 0.29) is 59.1 Å². The molecule has 44 heavy (non-hydrogen) atoms. The zero-order chi connectivity index (χ0) is 33.7. The fourth-order valence-electron chi connectivity index (χ4n) is 4.02. The van der Waals surface area contributed by atoms with Gasteiger partial charge < -0.3 is 19.8 Å². The predicted molar refractivity (Wildman–Crippen MR) is 92.8 cm³/mol. The second kappa shape index (κ2) is 11.7. The van der Waals surface area contributed by atoms with Crippen LogP contribution in [0.15, 0.2) is 23.3 Å². The Morgan fingerprint density at radius 2 is 1.00 bits per heavy atom. The summed E-state index contributed by atoms with van der Waals surface area (Å²) in [5.41, 5.74) is -6.78. The Morgan fingerprint density at radius 3 is 1.30 bits per heavy atom. The second-order valence-corrected chi connectivity index (χ2v) is 10.6. The van der Waals surface area contributed by atoms with E-state index in [2.05, 4.69) is 0 Å². The summed E-state index contributed by atoms with van der Waals surface area (Å²) in [5.74, 6) is -67.2. The number of halogens is 16. The summed E-state index contributed by atoms with van der Waals surface area (Å²) in [6.07, 6.45) is -10.6. The van der Waals surface area contributed by atoms with Crippen LogP contribution in [0, 0.1) is 5.92 Å². The van der Waals surface area contributed by atoms with Gasteiger partial charge in [0.2, 0.25) is 0 Å². The van der Waals surface area contributed by atoms with E-state index in [1.807, 2.05) is 0 Å². The van der Waals surface area contributed by atoms with Crippen LogP contribution in [0.1, 0.15) is 12.8 Å². The maximum atomic E-state index is 14.3. The van der Waals surface area contributed by atoms with Gasteiger partial charge >= 0.3 is 106 Å². The number of carboxylic acid groups (broad SMARTS) is 2. The fraction of sp³-hybridized carbons (Fsp3) is 0.667. The Hall–Kier alpha value is -0.790. The molecule has 0 aromatic rings. The van der Waals surface area contributed by atoms with Gasteiger partial charge in [0, 0.05) is 29.5 Å². The molecule has 0 aromatic heterocycles. The van der Waals surface area contributed by atoms with Gasteiger partial charge in [-0.2, -0.15) is 78.7 Å². The van der Waals surface area contributed by atoms with Gasteiger partial charge in [-0.25, -0.2) is 0 Å². The first-order chi connectivity index (χ1) is 18.1. The molecule has 1 N–H and O–H groups in total. The van der Waals surface area contributed by atoms with Crippen molar-refractivity contribution < 1.29 is 162 Å². The molecule has 0 saturated carbocycles. The van der Waals surface area contributed by atoms with Gasteiger partial charge in [-0.1, -0.05) is 0 Å². The molecule has 0 fully saturated rings. The molecule has 2 unspecified atom stereocenters. The van der Waals surface area contributed by atoms with Gasteiger partial charge in [-0.15, -0.1) is 0 Å². The van der Waals surface area contributed by atoms with Crippen molar-refractivity contribution in [1.82, 2.24) is 0 Å². The number of aliphatic carboxylic acids is 2.